The van der Waals surface area contributed by atoms with Gasteiger partial charge in [0.2, 0.25) is 0 Å². The minimum Gasteiger partial charge on any atom is -0.360 e. The fraction of sp³-hybridized carbons (Fsp3) is 0.158. The van der Waals surface area contributed by atoms with Gasteiger partial charge in [0, 0.05) is 15.7 Å². The van der Waals surface area contributed by atoms with Gasteiger partial charge >= 0.3 is 0 Å². The Morgan fingerprint density at radius 2 is 1.96 bits per heavy atom. The van der Waals surface area contributed by atoms with Crippen LogP contribution in [0.2, 0.25) is 0 Å². The van der Waals surface area contributed by atoms with Gasteiger partial charge in [-0.25, -0.2) is 0 Å². The average Bonchev–Trinajstić information content (AvgIpc) is 2.99. The molecule has 0 aliphatic heterocycles. The zero-order chi connectivity index (χ0) is 17.1. The van der Waals surface area contributed by atoms with Crippen LogP contribution in [-0.2, 0) is 6.42 Å². The zero-order valence-electron chi connectivity index (χ0n) is 13.5. The van der Waals surface area contributed by atoms with Crippen LogP contribution in [0.25, 0.3) is 11.3 Å². The largest absolute Gasteiger partial charge is 0.360 e. The van der Waals surface area contributed by atoms with E-state index in [2.05, 4.69) is 33.3 Å². The number of hydrogen-bond acceptors (Lipinski definition) is 3. The number of anilines is 1. The summed E-state index contributed by atoms with van der Waals surface area (Å²) in [5.74, 6) is 0.283. The molecule has 1 aromatic heterocycles. The van der Waals surface area contributed by atoms with Crippen molar-refractivity contribution < 1.29 is 9.32 Å². The van der Waals surface area contributed by atoms with Crippen molar-refractivity contribution in [3.8, 4) is 11.3 Å². The Balaban J connectivity index is 1.96. The lowest BCUT2D eigenvalue weighted by molar-refractivity contribution is 0.102. The van der Waals surface area contributed by atoms with Crippen molar-refractivity contribution in [2.24, 2.45) is 0 Å². The first-order valence-electron chi connectivity index (χ1n) is 7.71. The quantitative estimate of drug-likeness (QED) is 0.669. The van der Waals surface area contributed by atoms with Crippen LogP contribution >= 0.6 is 15.9 Å². The maximum absolute atomic E-state index is 12.8. The minimum absolute atomic E-state index is 0.218. The van der Waals surface area contributed by atoms with Gasteiger partial charge in [-0.05, 0) is 37.1 Å². The summed E-state index contributed by atoms with van der Waals surface area (Å²) in [5.41, 5.74) is 3.73. The molecule has 3 aromatic rings. The Hall–Kier alpha value is -2.40. The van der Waals surface area contributed by atoms with Gasteiger partial charge < -0.3 is 9.84 Å². The number of hydrogen-bond donors (Lipinski definition) is 1. The molecule has 122 valence electrons. The van der Waals surface area contributed by atoms with E-state index in [9.17, 15) is 4.79 Å². The van der Waals surface area contributed by atoms with Gasteiger partial charge in [0.15, 0.2) is 0 Å². The third-order valence-electron chi connectivity index (χ3n) is 3.83. The third-order valence-corrected chi connectivity index (χ3v) is 4.33. The summed E-state index contributed by atoms with van der Waals surface area (Å²) in [6.45, 7) is 3.80. The van der Waals surface area contributed by atoms with Gasteiger partial charge in [0.05, 0.1) is 0 Å². The minimum atomic E-state index is -0.218. The van der Waals surface area contributed by atoms with E-state index in [1.54, 1.807) is 6.92 Å². The van der Waals surface area contributed by atoms with Crippen molar-refractivity contribution in [1.82, 2.24) is 5.16 Å². The number of halogens is 1. The predicted molar refractivity (Wildman–Crippen MR) is 98.1 cm³/mol. The van der Waals surface area contributed by atoms with Crippen LogP contribution in [-0.4, -0.2) is 11.1 Å². The number of nitrogens with one attached hydrogen (secondary N) is 1. The Bertz CT molecular complexity index is 872. The number of rotatable bonds is 4. The monoisotopic (exact) mass is 384 g/mol. The molecular formula is C19H17BrN2O2. The lowest BCUT2D eigenvalue weighted by Crippen LogP contribution is -2.14. The number of benzene rings is 2. The van der Waals surface area contributed by atoms with Gasteiger partial charge in [-0.1, -0.05) is 58.3 Å². The molecule has 1 heterocycles. The van der Waals surface area contributed by atoms with Crippen molar-refractivity contribution in [1.29, 1.82) is 0 Å². The summed E-state index contributed by atoms with van der Waals surface area (Å²) < 4.78 is 6.26. The summed E-state index contributed by atoms with van der Waals surface area (Å²) in [6, 6.07) is 15.4. The Morgan fingerprint density at radius 3 is 2.67 bits per heavy atom. The maximum atomic E-state index is 12.8. The van der Waals surface area contributed by atoms with Crippen LogP contribution in [0.15, 0.2) is 57.5 Å². The first-order chi connectivity index (χ1) is 11.6. The van der Waals surface area contributed by atoms with Crippen LogP contribution in [0.3, 0.4) is 0 Å². The van der Waals surface area contributed by atoms with E-state index < -0.39 is 0 Å². The van der Waals surface area contributed by atoms with E-state index in [1.807, 2.05) is 48.5 Å². The van der Waals surface area contributed by atoms with Crippen molar-refractivity contribution in [2.45, 2.75) is 20.3 Å². The second-order valence-corrected chi connectivity index (χ2v) is 6.35. The lowest BCUT2D eigenvalue weighted by atomic mass is 10.0. The second-order valence-electron chi connectivity index (χ2n) is 5.44. The van der Waals surface area contributed by atoms with Gasteiger partial charge in [0.1, 0.15) is 17.0 Å². The van der Waals surface area contributed by atoms with Gasteiger partial charge in [-0.15, -0.1) is 0 Å². The molecule has 0 bridgehead atoms. The van der Waals surface area contributed by atoms with Crippen LogP contribution in [0.1, 0.15) is 28.6 Å². The third kappa shape index (κ3) is 3.26. The molecular weight excluding hydrogens is 368 g/mol. The Kier molecular flexibility index (Phi) is 4.81. The van der Waals surface area contributed by atoms with Crippen molar-refractivity contribution in [3.05, 3.63) is 69.9 Å². The summed E-state index contributed by atoms with van der Waals surface area (Å²) >= 11 is 3.46. The molecule has 1 N–H and O–H groups in total. The number of aryl methyl sites for hydroxylation is 2. The highest BCUT2D eigenvalue weighted by Crippen LogP contribution is 2.27. The molecule has 0 fully saturated rings. The summed E-state index contributed by atoms with van der Waals surface area (Å²) in [7, 11) is 0. The van der Waals surface area contributed by atoms with Crippen LogP contribution in [0, 0.1) is 6.92 Å². The van der Waals surface area contributed by atoms with Crippen LogP contribution in [0.4, 0.5) is 5.69 Å². The van der Waals surface area contributed by atoms with Crippen LogP contribution in [0.5, 0.6) is 0 Å². The standard InChI is InChI=1S/C19H17BrN2O2/c1-3-13-11-15(20)9-10-16(13)21-19(23)17-12(2)24-22-18(17)14-7-5-4-6-8-14/h4-11H,3H2,1-2H3,(H,21,23). The number of aromatic nitrogens is 1. The molecule has 0 saturated carbocycles. The zero-order valence-corrected chi connectivity index (χ0v) is 15.1. The van der Waals surface area contributed by atoms with E-state index in [0.29, 0.717) is 17.0 Å². The number of nitrogens with zero attached hydrogens (tertiary/aromatic N) is 1. The van der Waals surface area contributed by atoms with Crippen molar-refractivity contribution in [3.63, 3.8) is 0 Å². The number of amides is 1. The number of carbonyl (C=O) groups excluding carboxylic acids is 1. The van der Waals surface area contributed by atoms with E-state index in [4.69, 9.17) is 4.52 Å². The van der Waals surface area contributed by atoms with Gasteiger partial charge in [-0.3, -0.25) is 4.79 Å². The first kappa shape index (κ1) is 16.5. The average molecular weight is 385 g/mol. The topological polar surface area (TPSA) is 55.1 Å². The van der Waals surface area contributed by atoms with Gasteiger partial charge in [-0.2, -0.15) is 0 Å². The molecule has 1 amide bonds. The molecule has 0 unspecified atom stereocenters. The fourth-order valence-corrected chi connectivity index (χ4v) is 3.00. The maximum Gasteiger partial charge on any atom is 0.261 e. The Morgan fingerprint density at radius 1 is 1.21 bits per heavy atom. The molecule has 0 aliphatic carbocycles. The molecule has 0 aliphatic rings. The smallest absolute Gasteiger partial charge is 0.261 e. The SMILES string of the molecule is CCc1cc(Br)ccc1NC(=O)c1c(-c2ccccc2)noc1C. The highest BCUT2D eigenvalue weighted by Gasteiger charge is 2.22. The normalized spacial score (nSPS) is 10.6. The fourth-order valence-electron chi connectivity index (χ4n) is 2.59. The predicted octanol–water partition coefficient (Wildman–Crippen LogP) is 5.23. The summed E-state index contributed by atoms with van der Waals surface area (Å²) in [6.07, 6.45) is 0.823. The van der Waals surface area contributed by atoms with Crippen LogP contribution < -0.4 is 5.32 Å². The van der Waals surface area contributed by atoms with Crippen molar-refractivity contribution in [2.75, 3.05) is 5.32 Å². The van der Waals surface area contributed by atoms with E-state index in [1.165, 1.54) is 0 Å². The molecule has 3 rings (SSSR count). The second kappa shape index (κ2) is 7.01. The first-order valence-corrected chi connectivity index (χ1v) is 8.51. The van der Waals surface area contributed by atoms with E-state index >= 15 is 0 Å². The lowest BCUT2D eigenvalue weighted by Gasteiger charge is -2.10. The van der Waals surface area contributed by atoms with E-state index in [0.717, 1.165) is 27.7 Å². The highest BCUT2D eigenvalue weighted by atomic mass is 79.9. The molecule has 2 aromatic carbocycles. The molecule has 0 atom stereocenters. The van der Waals surface area contributed by atoms with E-state index in [-0.39, 0.29) is 5.91 Å². The van der Waals surface area contributed by atoms with Gasteiger partial charge in [0.25, 0.3) is 5.91 Å². The molecule has 0 radical (unpaired) electrons. The number of carbonyl (C=O) groups is 1. The Labute approximate surface area is 149 Å². The molecule has 24 heavy (non-hydrogen) atoms. The molecule has 5 heteroatoms. The summed E-state index contributed by atoms with van der Waals surface area (Å²) in [4.78, 5) is 12.8. The molecule has 0 spiro atoms. The molecule has 4 nitrogen and oxygen atoms in total. The molecule has 0 saturated heterocycles. The summed E-state index contributed by atoms with van der Waals surface area (Å²) in [5, 5.41) is 7.04. The highest BCUT2D eigenvalue weighted by molar-refractivity contribution is 9.10. The van der Waals surface area contributed by atoms with Crippen molar-refractivity contribution >= 4 is 27.5 Å².